The maximum Gasteiger partial charge on any atom is 0.408 e. The minimum Gasteiger partial charge on any atom is -0.444 e. The number of hydrogen-bond donors (Lipinski definition) is 3. The first kappa shape index (κ1) is 26.5. The molecule has 3 aromatic rings. The maximum absolute atomic E-state index is 13.1. The SMILES string of the molecule is CC(C)(C)OC(=O)NC(CCOCc1ccccc1)C(=O)Nn1cccc1C(=O)Nc1ccccc1. The molecule has 1 aromatic heterocycles. The Morgan fingerprint density at radius 1 is 0.917 bits per heavy atom. The number of anilines is 1. The van der Waals surface area contributed by atoms with E-state index < -0.39 is 29.6 Å². The van der Waals surface area contributed by atoms with E-state index in [4.69, 9.17) is 9.47 Å². The molecule has 0 aliphatic rings. The standard InChI is InChI=1S/C27H32N4O5/c1-27(2,3)36-26(34)29-22(16-18-35-19-20-11-6-4-7-12-20)24(32)30-31-17-10-15-23(31)25(33)28-21-13-8-5-9-14-21/h4-15,17,22H,16,18-19H2,1-3H3,(H,28,33)(H,29,34)(H,30,32). The molecule has 0 saturated heterocycles. The van der Waals surface area contributed by atoms with Crippen molar-refractivity contribution < 1.29 is 23.9 Å². The highest BCUT2D eigenvalue weighted by Gasteiger charge is 2.25. The summed E-state index contributed by atoms with van der Waals surface area (Å²) in [7, 11) is 0. The van der Waals surface area contributed by atoms with Crippen LogP contribution in [0.1, 0.15) is 43.2 Å². The van der Waals surface area contributed by atoms with Gasteiger partial charge in [-0.2, -0.15) is 0 Å². The minimum absolute atomic E-state index is 0.199. The number of rotatable bonds is 10. The van der Waals surface area contributed by atoms with Gasteiger partial charge in [0.2, 0.25) is 0 Å². The van der Waals surface area contributed by atoms with E-state index in [1.54, 1.807) is 51.2 Å². The molecule has 0 spiro atoms. The van der Waals surface area contributed by atoms with Gasteiger partial charge in [-0.1, -0.05) is 48.5 Å². The van der Waals surface area contributed by atoms with Crippen LogP contribution in [0.5, 0.6) is 0 Å². The van der Waals surface area contributed by atoms with Crippen molar-refractivity contribution in [1.29, 1.82) is 0 Å². The molecule has 0 aliphatic heterocycles. The van der Waals surface area contributed by atoms with Crippen molar-refractivity contribution in [2.24, 2.45) is 0 Å². The lowest BCUT2D eigenvalue weighted by molar-refractivity contribution is -0.119. The van der Waals surface area contributed by atoms with Crippen LogP contribution in [0.25, 0.3) is 0 Å². The van der Waals surface area contributed by atoms with Crippen molar-refractivity contribution in [3.05, 3.63) is 90.3 Å². The van der Waals surface area contributed by atoms with Crippen molar-refractivity contribution in [3.63, 3.8) is 0 Å². The highest BCUT2D eigenvalue weighted by atomic mass is 16.6. The predicted molar refractivity (Wildman–Crippen MR) is 137 cm³/mol. The largest absolute Gasteiger partial charge is 0.444 e. The Kier molecular flexibility index (Phi) is 9.24. The highest BCUT2D eigenvalue weighted by molar-refractivity contribution is 6.04. The van der Waals surface area contributed by atoms with Crippen LogP contribution in [0.2, 0.25) is 0 Å². The van der Waals surface area contributed by atoms with Crippen LogP contribution in [0.3, 0.4) is 0 Å². The van der Waals surface area contributed by atoms with E-state index in [1.165, 1.54) is 4.68 Å². The van der Waals surface area contributed by atoms with Gasteiger partial charge in [-0.25, -0.2) is 4.79 Å². The van der Waals surface area contributed by atoms with Crippen LogP contribution in [-0.4, -0.2) is 40.8 Å². The molecule has 0 fully saturated rings. The number of hydrogen-bond acceptors (Lipinski definition) is 5. The lowest BCUT2D eigenvalue weighted by Gasteiger charge is -2.23. The summed E-state index contributed by atoms with van der Waals surface area (Å²) in [6.07, 6.45) is 1.03. The molecular formula is C27H32N4O5. The number of amides is 3. The van der Waals surface area contributed by atoms with Crippen molar-refractivity contribution in [3.8, 4) is 0 Å². The molecule has 3 N–H and O–H groups in total. The van der Waals surface area contributed by atoms with Gasteiger partial charge in [0.05, 0.1) is 6.61 Å². The fourth-order valence-electron chi connectivity index (χ4n) is 3.26. The number of carbonyl (C=O) groups is 3. The molecule has 1 heterocycles. The zero-order chi connectivity index (χ0) is 26.0. The van der Waals surface area contributed by atoms with Gasteiger partial charge in [-0.15, -0.1) is 0 Å². The summed E-state index contributed by atoms with van der Waals surface area (Å²) in [5.74, 6) is -0.913. The molecule has 36 heavy (non-hydrogen) atoms. The van der Waals surface area contributed by atoms with Crippen molar-refractivity contribution in [2.45, 2.75) is 45.4 Å². The van der Waals surface area contributed by atoms with Gasteiger partial charge in [0.15, 0.2) is 0 Å². The molecule has 0 bridgehead atoms. The van der Waals surface area contributed by atoms with Crippen LogP contribution in [-0.2, 0) is 20.9 Å². The lowest BCUT2D eigenvalue weighted by Crippen LogP contribution is -2.48. The van der Waals surface area contributed by atoms with Gasteiger partial charge >= 0.3 is 6.09 Å². The number of benzene rings is 2. The van der Waals surface area contributed by atoms with Gasteiger partial charge in [-0.05, 0) is 50.6 Å². The first-order valence-electron chi connectivity index (χ1n) is 11.7. The van der Waals surface area contributed by atoms with Gasteiger partial charge in [0.1, 0.15) is 17.3 Å². The van der Waals surface area contributed by atoms with E-state index >= 15 is 0 Å². The molecular weight excluding hydrogens is 460 g/mol. The molecule has 0 saturated carbocycles. The first-order chi connectivity index (χ1) is 17.2. The molecule has 1 atom stereocenters. The third-order valence-corrected chi connectivity index (χ3v) is 4.91. The van der Waals surface area contributed by atoms with Crippen molar-refractivity contribution in [2.75, 3.05) is 17.3 Å². The van der Waals surface area contributed by atoms with Crippen LogP contribution >= 0.6 is 0 Å². The minimum atomic E-state index is -0.956. The molecule has 3 rings (SSSR count). The van der Waals surface area contributed by atoms with E-state index in [-0.39, 0.29) is 18.7 Å². The summed E-state index contributed by atoms with van der Waals surface area (Å²) < 4.78 is 12.3. The second-order valence-corrected chi connectivity index (χ2v) is 9.09. The molecule has 0 aliphatic carbocycles. The Balaban J connectivity index is 1.64. The Labute approximate surface area is 210 Å². The Morgan fingerprint density at radius 2 is 1.58 bits per heavy atom. The summed E-state index contributed by atoms with van der Waals surface area (Å²) >= 11 is 0. The van der Waals surface area contributed by atoms with E-state index in [9.17, 15) is 14.4 Å². The third-order valence-electron chi connectivity index (χ3n) is 4.91. The zero-order valence-corrected chi connectivity index (χ0v) is 20.7. The molecule has 9 nitrogen and oxygen atoms in total. The third kappa shape index (κ3) is 8.59. The smallest absolute Gasteiger partial charge is 0.408 e. The van der Waals surface area contributed by atoms with Crippen LogP contribution in [0, 0.1) is 0 Å². The van der Waals surface area contributed by atoms with E-state index in [1.807, 2.05) is 48.5 Å². The van der Waals surface area contributed by atoms with Crippen LogP contribution in [0.4, 0.5) is 10.5 Å². The summed E-state index contributed by atoms with van der Waals surface area (Å²) in [5, 5.41) is 5.39. The van der Waals surface area contributed by atoms with E-state index in [0.717, 1.165) is 5.56 Å². The molecule has 190 valence electrons. The number of nitrogens with one attached hydrogen (secondary N) is 3. The van der Waals surface area contributed by atoms with Crippen LogP contribution < -0.4 is 16.1 Å². The Hall–Kier alpha value is -4.11. The zero-order valence-electron chi connectivity index (χ0n) is 20.7. The topological polar surface area (TPSA) is 111 Å². The van der Waals surface area contributed by atoms with Crippen molar-refractivity contribution >= 4 is 23.6 Å². The quantitative estimate of drug-likeness (QED) is 0.365. The number of alkyl carbamates (subject to hydrolysis) is 1. The fourth-order valence-corrected chi connectivity index (χ4v) is 3.26. The summed E-state index contributed by atoms with van der Waals surface area (Å²) in [4.78, 5) is 38.2. The normalized spacial score (nSPS) is 11.9. The highest BCUT2D eigenvalue weighted by Crippen LogP contribution is 2.11. The van der Waals surface area contributed by atoms with E-state index in [2.05, 4.69) is 16.1 Å². The molecule has 2 aromatic carbocycles. The van der Waals surface area contributed by atoms with Gasteiger partial charge in [0.25, 0.3) is 11.8 Å². The first-order valence-corrected chi connectivity index (χ1v) is 11.7. The van der Waals surface area contributed by atoms with E-state index in [0.29, 0.717) is 12.3 Å². The van der Waals surface area contributed by atoms with Crippen LogP contribution in [0.15, 0.2) is 79.0 Å². The average molecular weight is 493 g/mol. The summed E-state index contributed by atoms with van der Waals surface area (Å²) in [6.45, 7) is 5.81. The van der Waals surface area contributed by atoms with Gasteiger partial charge in [0, 0.05) is 24.9 Å². The molecule has 0 radical (unpaired) electrons. The predicted octanol–water partition coefficient (Wildman–Crippen LogP) is 4.31. The summed E-state index contributed by atoms with van der Waals surface area (Å²) in [5.41, 5.74) is 3.80. The number of nitrogens with zero attached hydrogens (tertiary/aromatic N) is 1. The van der Waals surface area contributed by atoms with Gasteiger partial charge in [-0.3, -0.25) is 19.7 Å². The number of aromatic nitrogens is 1. The second kappa shape index (κ2) is 12.6. The van der Waals surface area contributed by atoms with Gasteiger partial charge < -0.3 is 20.1 Å². The fraction of sp³-hybridized carbons (Fsp3) is 0.296. The lowest BCUT2D eigenvalue weighted by atomic mass is 10.2. The average Bonchev–Trinajstić information content (AvgIpc) is 3.29. The molecule has 3 amide bonds. The van der Waals surface area contributed by atoms with Crippen molar-refractivity contribution in [1.82, 2.24) is 9.99 Å². The Morgan fingerprint density at radius 3 is 2.25 bits per heavy atom. The number of carbonyl (C=O) groups excluding carboxylic acids is 3. The number of ether oxygens (including phenoxy) is 2. The second-order valence-electron chi connectivity index (χ2n) is 9.09. The summed E-state index contributed by atoms with van der Waals surface area (Å²) in [6, 6.07) is 20.9. The maximum atomic E-state index is 13.1. The monoisotopic (exact) mass is 492 g/mol. The molecule has 9 heteroatoms. The Bertz CT molecular complexity index is 1140. The molecule has 1 unspecified atom stereocenters. The number of para-hydroxylation sites is 1.